The number of aromatic nitrogens is 1. The summed E-state index contributed by atoms with van der Waals surface area (Å²) in [6.07, 6.45) is 0. The highest BCUT2D eigenvalue weighted by Gasteiger charge is 2.18. The summed E-state index contributed by atoms with van der Waals surface area (Å²) in [6, 6.07) is 7.33. The summed E-state index contributed by atoms with van der Waals surface area (Å²) in [5, 5.41) is 3.06. The van der Waals surface area contributed by atoms with Gasteiger partial charge < -0.3 is 4.74 Å². The molecule has 0 aliphatic heterocycles. The lowest BCUT2D eigenvalue weighted by molar-refractivity contribution is 0.0601. The smallest absolute Gasteiger partial charge is 0.337 e. The first-order valence-electron chi connectivity index (χ1n) is 6.06. The Balaban J connectivity index is 2.28. The largest absolute Gasteiger partial charge is 0.465 e. The van der Waals surface area contributed by atoms with E-state index in [0.717, 1.165) is 16.3 Å². The maximum absolute atomic E-state index is 11.4. The average molecular weight is 275 g/mol. The summed E-state index contributed by atoms with van der Waals surface area (Å²) in [4.78, 5) is 16.0. The van der Waals surface area contributed by atoms with Crippen molar-refractivity contribution in [2.75, 3.05) is 7.11 Å². The minimum absolute atomic E-state index is 0.0563. The van der Waals surface area contributed by atoms with Crippen LogP contribution in [0.25, 0.3) is 10.6 Å². The van der Waals surface area contributed by atoms with Crippen LogP contribution in [0.4, 0.5) is 0 Å². The Morgan fingerprint density at radius 3 is 2.32 bits per heavy atom. The topological polar surface area (TPSA) is 39.2 Å². The van der Waals surface area contributed by atoms with Crippen LogP contribution in [-0.2, 0) is 10.2 Å². The molecular weight excluding hydrogens is 258 g/mol. The van der Waals surface area contributed by atoms with Crippen LogP contribution in [0.5, 0.6) is 0 Å². The number of benzene rings is 1. The molecule has 0 aliphatic carbocycles. The fourth-order valence-corrected chi connectivity index (χ4v) is 2.67. The molecule has 100 valence electrons. The van der Waals surface area contributed by atoms with E-state index >= 15 is 0 Å². The van der Waals surface area contributed by atoms with Gasteiger partial charge in [0.05, 0.1) is 18.4 Å². The zero-order chi connectivity index (χ0) is 14.0. The van der Waals surface area contributed by atoms with Crippen molar-refractivity contribution in [1.82, 2.24) is 4.98 Å². The lowest BCUT2D eigenvalue weighted by Crippen LogP contribution is -2.11. The summed E-state index contributed by atoms with van der Waals surface area (Å²) in [6.45, 7) is 6.44. The molecule has 0 saturated heterocycles. The van der Waals surface area contributed by atoms with Crippen LogP contribution < -0.4 is 0 Å². The van der Waals surface area contributed by atoms with Gasteiger partial charge in [-0.3, -0.25) is 0 Å². The second-order valence-electron chi connectivity index (χ2n) is 5.36. The summed E-state index contributed by atoms with van der Waals surface area (Å²) in [5.74, 6) is -0.318. The number of nitrogens with zero attached hydrogens (tertiary/aromatic N) is 1. The van der Waals surface area contributed by atoms with E-state index in [1.807, 2.05) is 12.1 Å². The van der Waals surface area contributed by atoms with E-state index in [2.05, 4.69) is 35.9 Å². The summed E-state index contributed by atoms with van der Waals surface area (Å²) in [7, 11) is 1.38. The van der Waals surface area contributed by atoms with Crippen molar-refractivity contribution in [3.8, 4) is 10.6 Å². The Hall–Kier alpha value is -1.68. The number of hydrogen-bond donors (Lipinski definition) is 0. The zero-order valence-electron chi connectivity index (χ0n) is 11.6. The predicted octanol–water partition coefficient (Wildman–Crippen LogP) is 3.89. The lowest BCUT2D eigenvalue weighted by Gasteiger charge is -2.14. The third-order valence-electron chi connectivity index (χ3n) is 2.83. The number of hydrogen-bond acceptors (Lipinski definition) is 4. The minimum Gasteiger partial charge on any atom is -0.465 e. The van der Waals surface area contributed by atoms with Gasteiger partial charge in [0.25, 0.3) is 0 Å². The van der Waals surface area contributed by atoms with Gasteiger partial charge in [0.1, 0.15) is 5.01 Å². The Bertz CT molecular complexity index is 579. The minimum atomic E-state index is -0.318. The second kappa shape index (κ2) is 5.13. The Labute approximate surface area is 117 Å². The number of methoxy groups -OCH3 is 1. The van der Waals surface area contributed by atoms with Crippen LogP contribution in [-0.4, -0.2) is 18.1 Å². The van der Waals surface area contributed by atoms with Crippen LogP contribution in [0.2, 0.25) is 0 Å². The van der Waals surface area contributed by atoms with Gasteiger partial charge >= 0.3 is 5.97 Å². The zero-order valence-corrected chi connectivity index (χ0v) is 12.4. The van der Waals surface area contributed by atoms with E-state index in [1.54, 1.807) is 23.5 Å². The molecule has 4 heteroatoms. The van der Waals surface area contributed by atoms with E-state index in [0.29, 0.717) is 5.56 Å². The van der Waals surface area contributed by atoms with Crippen molar-refractivity contribution < 1.29 is 9.53 Å². The molecule has 0 N–H and O–H groups in total. The molecule has 0 atom stereocenters. The van der Waals surface area contributed by atoms with Crippen LogP contribution >= 0.6 is 11.3 Å². The fourth-order valence-electron chi connectivity index (χ4n) is 1.62. The monoisotopic (exact) mass is 275 g/mol. The van der Waals surface area contributed by atoms with Gasteiger partial charge in [-0.05, 0) is 12.1 Å². The molecule has 0 fully saturated rings. The van der Waals surface area contributed by atoms with E-state index in [-0.39, 0.29) is 11.4 Å². The first kappa shape index (κ1) is 13.7. The highest BCUT2D eigenvalue weighted by molar-refractivity contribution is 7.13. The molecule has 0 spiro atoms. The molecule has 0 unspecified atom stereocenters. The molecule has 0 amide bonds. The molecule has 0 aliphatic rings. The summed E-state index contributed by atoms with van der Waals surface area (Å²) >= 11 is 1.62. The van der Waals surface area contributed by atoms with Crippen LogP contribution in [0.15, 0.2) is 29.6 Å². The molecule has 0 saturated carbocycles. The molecule has 1 aromatic carbocycles. The van der Waals surface area contributed by atoms with Crippen molar-refractivity contribution in [2.24, 2.45) is 0 Å². The molecule has 2 aromatic rings. The average Bonchev–Trinajstić information content (AvgIpc) is 2.87. The number of carbonyl (C=O) groups is 1. The molecule has 0 radical (unpaired) electrons. The van der Waals surface area contributed by atoms with Gasteiger partial charge in [-0.25, -0.2) is 9.78 Å². The second-order valence-corrected chi connectivity index (χ2v) is 6.21. The number of ether oxygens (including phenoxy) is 1. The maximum Gasteiger partial charge on any atom is 0.337 e. The summed E-state index contributed by atoms with van der Waals surface area (Å²) in [5.41, 5.74) is 2.72. The third kappa shape index (κ3) is 3.01. The van der Waals surface area contributed by atoms with Gasteiger partial charge in [0.2, 0.25) is 0 Å². The Kier molecular flexibility index (Phi) is 3.71. The van der Waals surface area contributed by atoms with Gasteiger partial charge in [-0.1, -0.05) is 32.9 Å². The Morgan fingerprint density at radius 2 is 1.84 bits per heavy atom. The quantitative estimate of drug-likeness (QED) is 0.780. The number of carbonyl (C=O) groups excluding carboxylic acids is 1. The molecule has 2 rings (SSSR count). The van der Waals surface area contributed by atoms with Crippen molar-refractivity contribution in [3.63, 3.8) is 0 Å². The summed E-state index contributed by atoms with van der Waals surface area (Å²) < 4.78 is 4.68. The molecule has 1 aromatic heterocycles. The molecular formula is C15H17NO2S. The first-order chi connectivity index (χ1) is 8.91. The number of esters is 1. The van der Waals surface area contributed by atoms with E-state index in [9.17, 15) is 4.79 Å². The normalized spacial score (nSPS) is 11.4. The third-order valence-corrected chi connectivity index (χ3v) is 3.72. The number of rotatable bonds is 2. The van der Waals surface area contributed by atoms with Gasteiger partial charge in [-0.15, -0.1) is 11.3 Å². The van der Waals surface area contributed by atoms with Crippen molar-refractivity contribution in [3.05, 3.63) is 40.9 Å². The molecule has 1 heterocycles. The highest BCUT2D eigenvalue weighted by Crippen LogP contribution is 2.29. The van der Waals surface area contributed by atoms with Crippen LogP contribution in [0.1, 0.15) is 36.8 Å². The van der Waals surface area contributed by atoms with Crippen LogP contribution in [0, 0.1) is 0 Å². The highest BCUT2D eigenvalue weighted by atomic mass is 32.1. The predicted molar refractivity (Wildman–Crippen MR) is 77.6 cm³/mol. The molecule has 0 bridgehead atoms. The molecule has 19 heavy (non-hydrogen) atoms. The first-order valence-corrected chi connectivity index (χ1v) is 6.94. The van der Waals surface area contributed by atoms with Gasteiger partial charge in [-0.2, -0.15) is 0 Å². The van der Waals surface area contributed by atoms with Crippen molar-refractivity contribution in [2.45, 2.75) is 26.2 Å². The number of thiazole rings is 1. The fraction of sp³-hybridized carbons (Fsp3) is 0.333. The van der Waals surface area contributed by atoms with E-state index < -0.39 is 0 Å². The van der Waals surface area contributed by atoms with Crippen LogP contribution in [0.3, 0.4) is 0 Å². The lowest BCUT2D eigenvalue weighted by atomic mass is 9.93. The van der Waals surface area contributed by atoms with E-state index in [4.69, 9.17) is 0 Å². The van der Waals surface area contributed by atoms with E-state index in [1.165, 1.54) is 7.11 Å². The SMILES string of the molecule is COC(=O)c1ccc(-c2nc(C(C)(C)C)cs2)cc1. The van der Waals surface area contributed by atoms with Gasteiger partial charge in [0.15, 0.2) is 0 Å². The Morgan fingerprint density at radius 1 is 1.21 bits per heavy atom. The van der Waals surface area contributed by atoms with Crippen molar-refractivity contribution >= 4 is 17.3 Å². The van der Waals surface area contributed by atoms with Gasteiger partial charge in [0, 0.05) is 16.4 Å². The maximum atomic E-state index is 11.4. The molecule has 3 nitrogen and oxygen atoms in total. The standard InChI is InChI=1S/C15H17NO2S/c1-15(2,3)12-9-19-13(16-12)10-5-7-11(8-6-10)14(17)18-4/h5-9H,1-4H3. The van der Waals surface area contributed by atoms with Crippen molar-refractivity contribution in [1.29, 1.82) is 0 Å².